The normalized spacial score (nSPS) is 18.0. The number of hydrogen-bond acceptors (Lipinski definition) is 3. The van der Waals surface area contributed by atoms with E-state index in [4.69, 9.17) is 11.6 Å². The molecular formula is C12H15ClN2O2. The van der Waals surface area contributed by atoms with E-state index < -0.39 is 4.92 Å². The minimum absolute atomic E-state index is 0.0292. The minimum Gasteiger partial charge on any atom is -0.374 e. The van der Waals surface area contributed by atoms with Crippen molar-refractivity contribution in [3.63, 3.8) is 0 Å². The first-order chi connectivity index (χ1) is 8.00. The van der Waals surface area contributed by atoms with Gasteiger partial charge < -0.3 is 5.32 Å². The van der Waals surface area contributed by atoms with Gasteiger partial charge in [0.15, 0.2) is 0 Å². The van der Waals surface area contributed by atoms with Gasteiger partial charge in [0, 0.05) is 16.6 Å². The molecule has 5 heteroatoms. The molecule has 0 amide bonds. The Kier molecular flexibility index (Phi) is 3.24. The largest absolute Gasteiger partial charge is 0.374 e. The van der Waals surface area contributed by atoms with Gasteiger partial charge in [-0.25, -0.2) is 0 Å². The quantitative estimate of drug-likeness (QED) is 0.655. The van der Waals surface area contributed by atoms with Gasteiger partial charge in [-0.1, -0.05) is 24.4 Å². The van der Waals surface area contributed by atoms with Crippen LogP contribution in [0.1, 0.15) is 32.6 Å². The molecule has 0 spiro atoms. The molecule has 0 saturated heterocycles. The summed E-state index contributed by atoms with van der Waals surface area (Å²) < 4.78 is 0. The van der Waals surface area contributed by atoms with Gasteiger partial charge in [0.1, 0.15) is 5.69 Å². The highest BCUT2D eigenvalue weighted by Crippen LogP contribution is 2.36. The summed E-state index contributed by atoms with van der Waals surface area (Å²) in [4.78, 5) is 10.6. The van der Waals surface area contributed by atoms with Crippen LogP contribution < -0.4 is 5.32 Å². The number of rotatable bonds is 3. The maximum Gasteiger partial charge on any atom is 0.293 e. The number of nitro benzene ring substituents is 1. The average Bonchev–Trinajstić information content (AvgIpc) is 2.67. The summed E-state index contributed by atoms with van der Waals surface area (Å²) in [5.74, 6) is 0. The summed E-state index contributed by atoms with van der Waals surface area (Å²) in [6.45, 7) is 2.11. The SMILES string of the molecule is CC1(Nc2ccc(Cl)cc2[N+](=O)[O-])CCCC1. The molecule has 1 N–H and O–H groups in total. The van der Waals surface area contributed by atoms with Crippen molar-refractivity contribution < 1.29 is 4.92 Å². The van der Waals surface area contributed by atoms with E-state index in [0.717, 1.165) is 12.8 Å². The van der Waals surface area contributed by atoms with Gasteiger partial charge in [0.05, 0.1) is 4.92 Å². The topological polar surface area (TPSA) is 55.2 Å². The molecule has 1 aliphatic rings. The van der Waals surface area contributed by atoms with Crippen LogP contribution in [0.2, 0.25) is 5.02 Å². The molecule has 1 saturated carbocycles. The van der Waals surface area contributed by atoms with Crippen LogP contribution in [0.15, 0.2) is 18.2 Å². The zero-order valence-electron chi connectivity index (χ0n) is 9.70. The monoisotopic (exact) mass is 254 g/mol. The first-order valence-electron chi connectivity index (χ1n) is 5.72. The second kappa shape index (κ2) is 4.53. The first-order valence-corrected chi connectivity index (χ1v) is 6.10. The highest BCUT2D eigenvalue weighted by molar-refractivity contribution is 6.30. The molecule has 0 heterocycles. The van der Waals surface area contributed by atoms with E-state index in [1.54, 1.807) is 12.1 Å². The summed E-state index contributed by atoms with van der Waals surface area (Å²) in [6, 6.07) is 4.75. The lowest BCUT2D eigenvalue weighted by Gasteiger charge is -2.26. The van der Waals surface area contributed by atoms with E-state index in [1.165, 1.54) is 18.9 Å². The van der Waals surface area contributed by atoms with Gasteiger partial charge in [-0.05, 0) is 31.9 Å². The summed E-state index contributed by atoms with van der Waals surface area (Å²) in [6.07, 6.45) is 4.44. The van der Waals surface area contributed by atoms with E-state index in [0.29, 0.717) is 10.7 Å². The van der Waals surface area contributed by atoms with Crippen LogP contribution in [0.5, 0.6) is 0 Å². The zero-order valence-corrected chi connectivity index (χ0v) is 10.5. The van der Waals surface area contributed by atoms with Crippen molar-refractivity contribution in [2.75, 3.05) is 5.32 Å². The standard InChI is InChI=1S/C12H15ClN2O2/c1-12(6-2-3-7-12)14-10-5-4-9(13)8-11(10)15(16)17/h4-5,8,14H,2-3,6-7H2,1H3. The first kappa shape index (κ1) is 12.2. The van der Waals surface area contributed by atoms with Gasteiger partial charge in [0.25, 0.3) is 5.69 Å². The van der Waals surface area contributed by atoms with Crippen molar-refractivity contribution in [3.8, 4) is 0 Å². The fourth-order valence-corrected chi connectivity index (χ4v) is 2.53. The van der Waals surface area contributed by atoms with Crippen molar-refractivity contribution >= 4 is 23.0 Å². The van der Waals surface area contributed by atoms with Crippen molar-refractivity contribution in [1.82, 2.24) is 0 Å². The molecule has 0 atom stereocenters. The number of nitrogens with one attached hydrogen (secondary N) is 1. The molecule has 92 valence electrons. The van der Waals surface area contributed by atoms with Gasteiger partial charge in [-0.2, -0.15) is 0 Å². The minimum atomic E-state index is -0.396. The van der Waals surface area contributed by atoms with Crippen LogP contribution in [-0.4, -0.2) is 10.5 Å². The molecule has 17 heavy (non-hydrogen) atoms. The number of benzene rings is 1. The van der Waals surface area contributed by atoms with Crippen LogP contribution in [0.3, 0.4) is 0 Å². The van der Waals surface area contributed by atoms with Gasteiger partial charge >= 0.3 is 0 Å². The zero-order chi connectivity index (χ0) is 12.5. The van der Waals surface area contributed by atoms with E-state index in [9.17, 15) is 10.1 Å². The van der Waals surface area contributed by atoms with Gasteiger partial charge in [-0.15, -0.1) is 0 Å². The summed E-state index contributed by atoms with van der Waals surface area (Å²) in [7, 11) is 0. The Balaban J connectivity index is 2.28. The predicted molar refractivity (Wildman–Crippen MR) is 68.6 cm³/mol. The Morgan fingerprint density at radius 1 is 1.41 bits per heavy atom. The fourth-order valence-electron chi connectivity index (χ4n) is 2.37. The molecule has 0 aliphatic heterocycles. The Bertz CT molecular complexity index is 442. The predicted octanol–water partition coefficient (Wildman–Crippen LogP) is 3.99. The van der Waals surface area contributed by atoms with Crippen LogP contribution >= 0.6 is 11.6 Å². The molecule has 2 rings (SSSR count). The fraction of sp³-hybridized carbons (Fsp3) is 0.500. The third kappa shape index (κ3) is 2.69. The molecule has 1 aromatic rings. The van der Waals surface area contributed by atoms with E-state index >= 15 is 0 Å². The molecular weight excluding hydrogens is 240 g/mol. The number of anilines is 1. The van der Waals surface area contributed by atoms with Gasteiger partial charge in [-0.3, -0.25) is 10.1 Å². The maximum absolute atomic E-state index is 11.0. The number of nitrogens with zero attached hydrogens (tertiary/aromatic N) is 1. The van der Waals surface area contributed by atoms with Crippen molar-refractivity contribution in [3.05, 3.63) is 33.3 Å². The summed E-state index contributed by atoms with van der Waals surface area (Å²) in [5, 5.41) is 14.6. The lowest BCUT2D eigenvalue weighted by atomic mass is 10.00. The number of nitro groups is 1. The highest BCUT2D eigenvalue weighted by Gasteiger charge is 2.30. The smallest absolute Gasteiger partial charge is 0.293 e. The molecule has 0 unspecified atom stereocenters. The maximum atomic E-state index is 11.0. The Morgan fingerprint density at radius 2 is 2.06 bits per heavy atom. The molecule has 0 aromatic heterocycles. The van der Waals surface area contributed by atoms with Crippen LogP contribution in [0, 0.1) is 10.1 Å². The van der Waals surface area contributed by atoms with Crippen molar-refractivity contribution in [2.24, 2.45) is 0 Å². The van der Waals surface area contributed by atoms with E-state index in [2.05, 4.69) is 12.2 Å². The Labute approximate surface area is 105 Å². The van der Waals surface area contributed by atoms with Crippen molar-refractivity contribution in [1.29, 1.82) is 0 Å². The molecule has 1 aliphatic carbocycles. The molecule has 4 nitrogen and oxygen atoms in total. The van der Waals surface area contributed by atoms with Gasteiger partial charge in [0.2, 0.25) is 0 Å². The summed E-state index contributed by atoms with van der Waals surface area (Å²) in [5.41, 5.74) is 0.577. The molecule has 1 aromatic carbocycles. The number of halogens is 1. The Morgan fingerprint density at radius 3 is 2.65 bits per heavy atom. The average molecular weight is 255 g/mol. The van der Waals surface area contributed by atoms with Crippen LogP contribution in [0.4, 0.5) is 11.4 Å². The van der Waals surface area contributed by atoms with E-state index in [-0.39, 0.29) is 11.2 Å². The number of hydrogen-bond donors (Lipinski definition) is 1. The van der Waals surface area contributed by atoms with Crippen LogP contribution in [0.25, 0.3) is 0 Å². The second-order valence-corrected chi connectivity index (χ2v) is 5.25. The van der Waals surface area contributed by atoms with E-state index in [1.807, 2.05) is 0 Å². The highest BCUT2D eigenvalue weighted by atomic mass is 35.5. The third-order valence-electron chi connectivity index (χ3n) is 3.30. The molecule has 0 bridgehead atoms. The molecule has 0 radical (unpaired) electrons. The Hall–Kier alpha value is -1.29. The third-order valence-corrected chi connectivity index (χ3v) is 3.54. The molecule has 1 fully saturated rings. The summed E-state index contributed by atoms with van der Waals surface area (Å²) >= 11 is 5.78. The lowest BCUT2D eigenvalue weighted by molar-refractivity contribution is -0.384. The van der Waals surface area contributed by atoms with Crippen LogP contribution in [-0.2, 0) is 0 Å². The lowest BCUT2D eigenvalue weighted by Crippen LogP contribution is -2.31. The van der Waals surface area contributed by atoms with Crippen molar-refractivity contribution in [2.45, 2.75) is 38.1 Å². The second-order valence-electron chi connectivity index (χ2n) is 4.81.